The number of rotatable bonds is 6. The van der Waals surface area contributed by atoms with E-state index in [1.807, 2.05) is 47.8 Å². The van der Waals surface area contributed by atoms with E-state index >= 15 is 0 Å². The molecule has 4 aromatic rings. The smallest absolute Gasteiger partial charge is 0.289 e. The summed E-state index contributed by atoms with van der Waals surface area (Å²) in [4.78, 5) is 15.1. The molecule has 0 N–H and O–H groups in total. The zero-order valence-electron chi connectivity index (χ0n) is 17.7. The Bertz CT molecular complexity index is 1320. The van der Waals surface area contributed by atoms with Gasteiger partial charge < -0.3 is 9.32 Å². The van der Waals surface area contributed by atoms with Gasteiger partial charge in [0.1, 0.15) is 10.6 Å². The summed E-state index contributed by atoms with van der Waals surface area (Å²) in [7, 11) is -3.80. The van der Waals surface area contributed by atoms with Crippen LogP contribution in [0.4, 0.5) is 0 Å². The van der Waals surface area contributed by atoms with Gasteiger partial charge in [-0.25, -0.2) is 8.42 Å². The molecule has 0 saturated carbocycles. The van der Waals surface area contributed by atoms with Crippen LogP contribution in [0.1, 0.15) is 16.1 Å². The Morgan fingerprint density at radius 2 is 1.79 bits per heavy atom. The SMILES string of the molecule is O=C(c1ccco1)N1CCN(S(=O)(=O)c2cn(Cc3ccccc3)nc2-c2cccs2)CC1. The third-order valence-electron chi connectivity index (χ3n) is 5.55. The first-order chi connectivity index (χ1) is 16.0. The molecule has 1 fully saturated rings. The first-order valence-electron chi connectivity index (χ1n) is 10.5. The fourth-order valence-corrected chi connectivity index (χ4v) is 6.21. The number of thiophene rings is 1. The molecule has 33 heavy (non-hydrogen) atoms. The van der Waals surface area contributed by atoms with Crippen molar-refractivity contribution in [2.75, 3.05) is 26.2 Å². The number of carbonyl (C=O) groups is 1. The zero-order chi connectivity index (χ0) is 22.8. The van der Waals surface area contributed by atoms with Crippen LogP contribution in [0.25, 0.3) is 10.6 Å². The summed E-state index contributed by atoms with van der Waals surface area (Å²) in [6.07, 6.45) is 3.06. The minimum atomic E-state index is -3.80. The van der Waals surface area contributed by atoms with Gasteiger partial charge in [-0.1, -0.05) is 36.4 Å². The van der Waals surface area contributed by atoms with E-state index in [2.05, 4.69) is 5.10 Å². The number of benzene rings is 1. The molecule has 5 rings (SSSR count). The van der Waals surface area contributed by atoms with Crippen molar-refractivity contribution in [1.82, 2.24) is 19.0 Å². The largest absolute Gasteiger partial charge is 0.459 e. The van der Waals surface area contributed by atoms with Gasteiger partial charge in [-0.15, -0.1) is 11.3 Å². The summed E-state index contributed by atoms with van der Waals surface area (Å²) < 4.78 is 35.6. The van der Waals surface area contributed by atoms with Crippen LogP contribution in [0.5, 0.6) is 0 Å². The summed E-state index contributed by atoms with van der Waals surface area (Å²) in [6.45, 7) is 1.49. The average Bonchev–Trinajstić information content (AvgIpc) is 3.61. The molecule has 1 aliphatic heterocycles. The Morgan fingerprint density at radius 1 is 1.00 bits per heavy atom. The summed E-state index contributed by atoms with van der Waals surface area (Å²) in [5.41, 5.74) is 1.49. The third kappa shape index (κ3) is 4.37. The molecule has 1 amide bonds. The molecule has 0 spiro atoms. The van der Waals surface area contributed by atoms with Gasteiger partial charge in [-0.05, 0) is 29.1 Å². The van der Waals surface area contributed by atoms with Gasteiger partial charge in [0.05, 0.1) is 17.7 Å². The Morgan fingerprint density at radius 3 is 2.45 bits per heavy atom. The predicted octanol–water partition coefficient (Wildman–Crippen LogP) is 3.40. The van der Waals surface area contributed by atoms with Crippen molar-refractivity contribution in [3.8, 4) is 10.6 Å². The van der Waals surface area contributed by atoms with Crippen LogP contribution in [-0.2, 0) is 16.6 Å². The van der Waals surface area contributed by atoms with Crippen molar-refractivity contribution >= 4 is 27.3 Å². The van der Waals surface area contributed by atoms with E-state index in [1.165, 1.54) is 21.9 Å². The summed E-state index contributed by atoms with van der Waals surface area (Å²) in [5.74, 6) is 0.0282. The molecule has 0 aliphatic carbocycles. The van der Waals surface area contributed by atoms with E-state index in [9.17, 15) is 13.2 Å². The number of hydrogen-bond acceptors (Lipinski definition) is 6. The minimum absolute atomic E-state index is 0.187. The van der Waals surface area contributed by atoms with Gasteiger partial charge >= 0.3 is 0 Å². The van der Waals surface area contributed by atoms with Crippen LogP contribution in [-0.4, -0.2) is 59.5 Å². The minimum Gasteiger partial charge on any atom is -0.459 e. The van der Waals surface area contributed by atoms with Gasteiger partial charge in [0.15, 0.2) is 5.76 Å². The Kier molecular flexibility index (Phi) is 5.88. The molecule has 4 heterocycles. The van der Waals surface area contributed by atoms with E-state index in [-0.39, 0.29) is 29.7 Å². The van der Waals surface area contributed by atoms with Gasteiger partial charge in [0.2, 0.25) is 10.0 Å². The summed E-state index contributed by atoms with van der Waals surface area (Å²) in [5, 5.41) is 6.53. The van der Waals surface area contributed by atoms with Crippen molar-refractivity contribution in [2.45, 2.75) is 11.4 Å². The van der Waals surface area contributed by atoms with E-state index in [0.29, 0.717) is 25.3 Å². The highest BCUT2D eigenvalue weighted by Crippen LogP contribution is 2.32. The highest BCUT2D eigenvalue weighted by molar-refractivity contribution is 7.89. The van der Waals surface area contributed by atoms with Gasteiger partial charge in [-0.3, -0.25) is 9.48 Å². The lowest BCUT2D eigenvalue weighted by molar-refractivity contribution is 0.0666. The number of hydrogen-bond donors (Lipinski definition) is 0. The molecule has 0 radical (unpaired) electrons. The van der Waals surface area contributed by atoms with Gasteiger partial charge in [-0.2, -0.15) is 9.40 Å². The van der Waals surface area contributed by atoms with Crippen molar-refractivity contribution < 1.29 is 17.6 Å². The molecule has 10 heteroatoms. The number of amides is 1. The molecule has 0 unspecified atom stereocenters. The Balaban J connectivity index is 1.40. The second-order valence-corrected chi connectivity index (χ2v) is 10.5. The normalized spacial score (nSPS) is 15.1. The highest BCUT2D eigenvalue weighted by atomic mass is 32.2. The molecule has 170 valence electrons. The van der Waals surface area contributed by atoms with Crippen molar-refractivity contribution in [2.24, 2.45) is 0 Å². The van der Waals surface area contributed by atoms with E-state index in [0.717, 1.165) is 10.4 Å². The number of aromatic nitrogens is 2. The lowest BCUT2D eigenvalue weighted by Gasteiger charge is -2.33. The highest BCUT2D eigenvalue weighted by Gasteiger charge is 2.34. The van der Waals surface area contributed by atoms with Gasteiger partial charge in [0.25, 0.3) is 5.91 Å². The second-order valence-electron chi connectivity index (χ2n) is 7.68. The Hall–Kier alpha value is -3.21. The van der Waals surface area contributed by atoms with Crippen molar-refractivity contribution in [1.29, 1.82) is 0 Å². The lowest BCUT2D eigenvalue weighted by Crippen LogP contribution is -2.50. The third-order valence-corrected chi connectivity index (χ3v) is 8.32. The van der Waals surface area contributed by atoms with Crippen molar-refractivity contribution in [3.63, 3.8) is 0 Å². The first-order valence-corrected chi connectivity index (χ1v) is 12.8. The molecule has 1 aromatic carbocycles. The number of sulfonamides is 1. The monoisotopic (exact) mass is 482 g/mol. The molecular formula is C23H22N4O4S2. The van der Waals surface area contributed by atoms with Crippen LogP contribution in [0.15, 0.2) is 81.8 Å². The topological polar surface area (TPSA) is 88.7 Å². The molecule has 8 nitrogen and oxygen atoms in total. The van der Waals surface area contributed by atoms with Crippen LogP contribution < -0.4 is 0 Å². The molecule has 0 bridgehead atoms. The number of furan rings is 1. The molecule has 1 aliphatic rings. The summed E-state index contributed by atoms with van der Waals surface area (Å²) >= 11 is 1.45. The van der Waals surface area contributed by atoms with Crippen molar-refractivity contribution in [3.05, 3.63) is 83.8 Å². The first kappa shape index (κ1) is 21.6. The van der Waals surface area contributed by atoms with Crippen LogP contribution in [0.2, 0.25) is 0 Å². The van der Waals surface area contributed by atoms with Crippen LogP contribution in [0, 0.1) is 0 Å². The number of nitrogens with zero attached hydrogens (tertiary/aromatic N) is 4. The maximum atomic E-state index is 13.6. The standard InChI is InChI=1S/C23H22N4O4S2/c28-23(19-8-4-14-31-19)25-10-12-27(13-11-25)33(29,30)21-17-26(16-18-6-2-1-3-7-18)24-22(21)20-9-5-15-32-20/h1-9,14-15,17H,10-13,16H2. The zero-order valence-corrected chi connectivity index (χ0v) is 19.3. The molecule has 1 saturated heterocycles. The molecule has 0 atom stereocenters. The summed E-state index contributed by atoms with van der Waals surface area (Å²) in [6, 6.07) is 16.8. The fourth-order valence-electron chi connectivity index (χ4n) is 3.85. The predicted molar refractivity (Wildman–Crippen MR) is 124 cm³/mol. The van der Waals surface area contributed by atoms with Crippen LogP contribution in [0.3, 0.4) is 0 Å². The maximum Gasteiger partial charge on any atom is 0.289 e. The lowest BCUT2D eigenvalue weighted by atomic mass is 10.2. The number of carbonyl (C=O) groups excluding carboxylic acids is 1. The van der Waals surface area contributed by atoms with Gasteiger partial charge in [0, 0.05) is 32.4 Å². The second kappa shape index (κ2) is 8.97. The number of piperazine rings is 1. The molecule has 3 aromatic heterocycles. The molecular weight excluding hydrogens is 460 g/mol. The van der Waals surface area contributed by atoms with E-state index in [1.54, 1.807) is 27.9 Å². The fraction of sp³-hybridized carbons (Fsp3) is 0.217. The van der Waals surface area contributed by atoms with E-state index < -0.39 is 10.0 Å². The Labute approximate surface area is 195 Å². The van der Waals surface area contributed by atoms with Crippen LogP contribution >= 0.6 is 11.3 Å². The van der Waals surface area contributed by atoms with E-state index in [4.69, 9.17) is 4.42 Å². The maximum absolute atomic E-state index is 13.6. The quantitative estimate of drug-likeness (QED) is 0.420. The average molecular weight is 483 g/mol.